The highest BCUT2D eigenvalue weighted by atomic mass is 16.3. The molecule has 37 heavy (non-hydrogen) atoms. The number of piperidine rings is 1. The van der Waals surface area contributed by atoms with Gasteiger partial charge >= 0.3 is 0 Å². The first kappa shape index (κ1) is 26.9. The molecule has 8 heteroatoms. The van der Waals surface area contributed by atoms with Crippen molar-refractivity contribution in [2.24, 2.45) is 0 Å². The number of nitrogens with zero attached hydrogens (tertiary/aromatic N) is 5. The van der Waals surface area contributed by atoms with Gasteiger partial charge < -0.3 is 24.8 Å². The van der Waals surface area contributed by atoms with Gasteiger partial charge in [-0.2, -0.15) is 4.98 Å². The zero-order chi connectivity index (χ0) is 26.0. The van der Waals surface area contributed by atoms with E-state index in [4.69, 9.17) is 4.98 Å². The SMILES string of the molecule is CCCCN(CCCC)C(=O)c1cnc2nc(Nc3ccc(O)cc3)n(CCCN3CCCCC3)c2c1. The Hall–Kier alpha value is -3.13. The van der Waals surface area contributed by atoms with Crippen LogP contribution in [0.1, 0.15) is 75.6 Å². The molecule has 1 aromatic carbocycles. The molecule has 0 atom stereocenters. The van der Waals surface area contributed by atoms with Gasteiger partial charge in [0.25, 0.3) is 5.91 Å². The van der Waals surface area contributed by atoms with Crippen molar-refractivity contribution in [1.82, 2.24) is 24.3 Å². The summed E-state index contributed by atoms with van der Waals surface area (Å²) in [5, 5.41) is 13.1. The molecule has 1 fully saturated rings. The molecule has 1 aliphatic rings. The number of imidazole rings is 1. The van der Waals surface area contributed by atoms with Gasteiger partial charge in [-0.15, -0.1) is 0 Å². The van der Waals surface area contributed by atoms with Crippen molar-refractivity contribution in [3.63, 3.8) is 0 Å². The van der Waals surface area contributed by atoms with Crippen molar-refractivity contribution in [2.45, 2.75) is 71.8 Å². The molecule has 1 amide bonds. The van der Waals surface area contributed by atoms with Crippen molar-refractivity contribution in [2.75, 3.05) is 38.0 Å². The van der Waals surface area contributed by atoms with Crippen LogP contribution in [-0.2, 0) is 6.54 Å². The van der Waals surface area contributed by atoms with Crippen LogP contribution in [0.15, 0.2) is 36.5 Å². The molecule has 1 saturated heterocycles. The number of hydrogen-bond acceptors (Lipinski definition) is 6. The lowest BCUT2D eigenvalue weighted by atomic mass is 10.1. The number of likely N-dealkylation sites (tertiary alicyclic amines) is 1. The van der Waals surface area contributed by atoms with Crippen molar-refractivity contribution < 1.29 is 9.90 Å². The van der Waals surface area contributed by atoms with E-state index < -0.39 is 0 Å². The first-order valence-electron chi connectivity index (χ1n) is 14.0. The second-order valence-corrected chi connectivity index (χ2v) is 10.1. The number of pyridine rings is 1. The smallest absolute Gasteiger partial charge is 0.255 e. The van der Waals surface area contributed by atoms with Gasteiger partial charge in [0.1, 0.15) is 5.75 Å². The number of hydrogen-bond donors (Lipinski definition) is 2. The number of phenols is 1. The topological polar surface area (TPSA) is 86.5 Å². The molecule has 3 heterocycles. The van der Waals surface area contributed by atoms with E-state index in [-0.39, 0.29) is 11.7 Å². The van der Waals surface area contributed by atoms with E-state index in [0.29, 0.717) is 17.2 Å². The summed E-state index contributed by atoms with van der Waals surface area (Å²) in [7, 11) is 0. The van der Waals surface area contributed by atoms with Gasteiger partial charge in [0.05, 0.1) is 11.1 Å². The molecule has 8 nitrogen and oxygen atoms in total. The number of nitrogens with one attached hydrogen (secondary N) is 1. The molecular formula is C29H42N6O2. The fourth-order valence-corrected chi connectivity index (χ4v) is 4.95. The molecular weight excluding hydrogens is 464 g/mol. The van der Waals surface area contributed by atoms with E-state index in [2.05, 4.69) is 33.6 Å². The molecule has 0 spiro atoms. The van der Waals surface area contributed by atoms with Gasteiger partial charge in [-0.25, -0.2) is 4.98 Å². The average molecular weight is 507 g/mol. The highest BCUT2D eigenvalue weighted by Crippen LogP contribution is 2.25. The zero-order valence-electron chi connectivity index (χ0n) is 22.5. The van der Waals surface area contributed by atoms with E-state index in [0.717, 1.165) is 69.5 Å². The van der Waals surface area contributed by atoms with Crippen LogP contribution >= 0.6 is 0 Å². The third kappa shape index (κ3) is 7.22. The number of unbranched alkanes of at least 4 members (excludes halogenated alkanes) is 2. The molecule has 0 aliphatic carbocycles. The van der Waals surface area contributed by atoms with Gasteiger partial charge in [-0.05, 0) is 82.1 Å². The van der Waals surface area contributed by atoms with Gasteiger partial charge in [0.2, 0.25) is 5.95 Å². The summed E-state index contributed by atoms with van der Waals surface area (Å²) in [5.41, 5.74) is 2.96. The zero-order valence-corrected chi connectivity index (χ0v) is 22.5. The Morgan fingerprint density at radius 3 is 2.38 bits per heavy atom. The van der Waals surface area contributed by atoms with Crippen LogP contribution in [0.5, 0.6) is 5.75 Å². The number of carbonyl (C=O) groups excluding carboxylic acids is 1. The third-order valence-corrected chi connectivity index (χ3v) is 7.13. The molecule has 0 saturated carbocycles. The Bertz CT molecular complexity index is 1130. The van der Waals surface area contributed by atoms with Crippen LogP contribution in [0.2, 0.25) is 0 Å². The monoisotopic (exact) mass is 506 g/mol. The van der Waals surface area contributed by atoms with Crippen LogP contribution in [0.25, 0.3) is 11.2 Å². The molecule has 0 radical (unpaired) electrons. The quantitative estimate of drug-likeness (QED) is 0.285. The number of rotatable bonds is 13. The minimum Gasteiger partial charge on any atom is -0.508 e. The molecule has 0 unspecified atom stereocenters. The molecule has 2 N–H and O–H groups in total. The van der Waals surface area contributed by atoms with Gasteiger partial charge in [0, 0.05) is 31.5 Å². The first-order chi connectivity index (χ1) is 18.1. The fourth-order valence-electron chi connectivity index (χ4n) is 4.95. The predicted octanol–water partition coefficient (Wildman–Crippen LogP) is 5.80. The maximum atomic E-state index is 13.5. The Morgan fingerprint density at radius 1 is 1.00 bits per heavy atom. The van der Waals surface area contributed by atoms with E-state index in [1.54, 1.807) is 18.3 Å². The average Bonchev–Trinajstić information content (AvgIpc) is 3.26. The van der Waals surface area contributed by atoms with E-state index in [9.17, 15) is 9.90 Å². The normalized spacial score (nSPS) is 14.2. The van der Waals surface area contributed by atoms with Gasteiger partial charge in [-0.1, -0.05) is 33.1 Å². The van der Waals surface area contributed by atoms with E-state index in [1.807, 2.05) is 23.1 Å². The Balaban J connectivity index is 1.60. The lowest BCUT2D eigenvalue weighted by Crippen LogP contribution is -2.33. The number of anilines is 2. The summed E-state index contributed by atoms with van der Waals surface area (Å²) < 4.78 is 2.15. The Kier molecular flexibility index (Phi) is 9.77. The van der Waals surface area contributed by atoms with Gasteiger partial charge in [-0.3, -0.25) is 4.79 Å². The third-order valence-electron chi connectivity index (χ3n) is 7.13. The van der Waals surface area contributed by atoms with Crippen LogP contribution in [0.4, 0.5) is 11.6 Å². The molecule has 4 rings (SSSR count). The number of amides is 1. The highest BCUT2D eigenvalue weighted by Gasteiger charge is 2.19. The summed E-state index contributed by atoms with van der Waals surface area (Å²) in [6.07, 6.45) is 10.7. The summed E-state index contributed by atoms with van der Waals surface area (Å²) >= 11 is 0. The number of phenolic OH excluding ortho intramolecular Hbond substituents is 1. The van der Waals surface area contributed by atoms with E-state index >= 15 is 0 Å². The minimum absolute atomic E-state index is 0.0467. The van der Waals surface area contributed by atoms with Crippen LogP contribution in [0, 0.1) is 0 Å². The molecule has 1 aliphatic heterocycles. The van der Waals surface area contributed by atoms with Crippen molar-refractivity contribution >= 4 is 28.7 Å². The Morgan fingerprint density at radius 2 is 1.70 bits per heavy atom. The van der Waals surface area contributed by atoms with Crippen molar-refractivity contribution in [1.29, 1.82) is 0 Å². The standard InChI is InChI=1S/C29H42N6O2/c1-3-5-18-34(19-6-4-2)28(37)23-21-26-27(30-22-23)32-29(31-24-11-13-25(36)14-12-24)35(26)20-10-17-33-15-8-7-9-16-33/h11-14,21-22,36H,3-10,15-20H2,1-2H3,(H,30,31,32). The van der Waals surface area contributed by atoms with Crippen LogP contribution in [0.3, 0.4) is 0 Å². The first-order valence-corrected chi connectivity index (χ1v) is 14.0. The summed E-state index contributed by atoms with van der Waals surface area (Å²) in [6, 6.07) is 8.93. The number of aromatic hydroxyl groups is 1. The largest absolute Gasteiger partial charge is 0.508 e. The minimum atomic E-state index is 0.0467. The lowest BCUT2D eigenvalue weighted by molar-refractivity contribution is 0.0751. The number of fused-ring (bicyclic) bond motifs is 1. The molecule has 200 valence electrons. The van der Waals surface area contributed by atoms with E-state index in [1.165, 1.54) is 32.4 Å². The maximum Gasteiger partial charge on any atom is 0.255 e. The summed E-state index contributed by atoms with van der Waals surface area (Å²) in [4.78, 5) is 27.4. The second kappa shape index (κ2) is 13.4. The predicted molar refractivity (Wildman–Crippen MR) is 150 cm³/mol. The number of aromatic nitrogens is 3. The van der Waals surface area contributed by atoms with Crippen LogP contribution < -0.4 is 5.32 Å². The lowest BCUT2D eigenvalue weighted by Gasteiger charge is -2.26. The van der Waals surface area contributed by atoms with Crippen LogP contribution in [-0.4, -0.2) is 68.1 Å². The summed E-state index contributed by atoms with van der Waals surface area (Å²) in [6.45, 7) is 10.0. The molecule has 3 aromatic rings. The fraction of sp³-hybridized carbons (Fsp3) is 0.552. The van der Waals surface area contributed by atoms with Crippen molar-refractivity contribution in [3.8, 4) is 5.75 Å². The number of aryl methyl sites for hydroxylation is 1. The highest BCUT2D eigenvalue weighted by molar-refractivity contribution is 5.96. The van der Waals surface area contributed by atoms with Crippen molar-refractivity contribution in [3.05, 3.63) is 42.1 Å². The second-order valence-electron chi connectivity index (χ2n) is 10.1. The number of benzene rings is 1. The maximum absolute atomic E-state index is 13.5. The molecule has 2 aromatic heterocycles. The molecule has 0 bridgehead atoms. The van der Waals surface area contributed by atoms with Gasteiger partial charge in [0.15, 0.2) is 5.65 Å². The number of carbonyl (C=O) groups is 1. The summed E-state index contributed by atoms with van der Waals surface area (Å²) in [5.74, 6) is 0.969. The Labute approximate surface area is 220 Å².